The van der Waals surface area contributed by atoms with Crippen LogP contribution >= 0.6 is 0 Å². The van der Waals surface area contributed by atoms with E-state index < -0.39 is 42.6 Å². The fraction of sp³-hybridized carbons (Fsp3) is 0.579. The number of aliphatic hydroxyl groups excluding tert-OH is 3. The molecule has 0 spiro atoms. The highest BCUT2D eigenvalue weighted by molar-refractivity contribution is 5.73. The van der Waals surface area contributed by atoms with E-state index in [4.69, 9.17) is 19.3 Å². The summed E-state index contributed by atoms with van der Waals surface area (Å²) in [6.07, 6.45) is -8.54. The minimum Gasteiger partial charge on any atom is -0.479 e. The molecule has 0 aromatic heterocycles. The van der Waals surface area contributed by atoms with Gasteiger partial charge in [0.1, 0.15) is 30.7 Å². The molecule has 0 amide bonds. The predicted molar refractivity (Wildman–Crippen MR) is 100 cm³/mol. The summed E-state index contributed by atoms with van der Waals surface area (Å²) in [6.45, 7) is 7.06. The predicted octanol–water partition coefficient (Wildman–Crippen LogP) is 0.231. The molecular weight excluding hydrogens is 386 g/mol. The molecule has 0 bridgehead atoms. The Bertz CT molecular complexity index is 746. The molecule has 5 N–H and O–H groups in total. The second-order valence-corrected chi connectivity index (χ2v) is 7.84. The van der Waals surface area contributed by atoms with E-state index in [-0.39, 0.29) is 17.9 Å². The first kappa shape index (κ1) is 22.9. The Morgan fingerprint density at radius 1 is 1.14 bits per heavy atom. The van der Waals surface area contributed by atoms with Gasteiger partial charge in [-0.1, -0.05) is 6.07 Å². The molecule has 1 fully saturated rings. The quantitative estimate of drug-likeness (QED) is 0.409. The number of hydrogen-bond donors (Lipinski definition) is 5. The highest BCUT2D eigenvalue weighted by Gasteiger charge is 2.48. The largest absolute Gasteiger partial charge is 0.479 e. The van der Waals surface area contributed by atoms with Crippen LogP contribution in [0.4, 0.5) is 5.69 Å². The Kier molecular flexibility index (Phi) is 7.06. The topological polar surface area (TPSA) is 155 Å². The van der Waals surface area contributed by atoms with E-state index in [1.54, 1.807) is 12.1 Å². The van der Waals surface area contributed by atoms with Crippen LogP contribution in [-0.2, 0) is 25.7 Å². The van der Waals surface area contributed by atoms with Crippen molar-refractivity contribution in [2.45, 2.75) is 70.5 Å². The van der Waals surface area contributed by atoms with Gasteiger partial charge in [-0.25, -0.2) is 4.79 Å². The number of benzene rings is 1. The van der Waals surface area contributed by atoms with Gasteiger partial charge in [-0.3, -0.25) is 4.79 Å². The van der Waals surface area contributed by atoms with Crippen LogP contribution in [0.15, 0.2) is 18.2 Å². The zero-order valence-electron chi connectivity index (χ0n) is 16.7. The highest BCUT2D eigenvalue weighted by Crippen LogP contribution is 2.32. The smallest absolute Gasteiger partial charge is 0.335 e. The lowest BCUT2D eigenvalue weighted by molar-refractivity contribution is -0.271. The second-order valence-electron chi connectivity index (χ2n) is 7.84. The molecule has 1 aromatic rings. The average Bonchev–Trinajstić information content (AvgIpc) is 2.60. The maximum absolute atomic E-state index is 11.3. The third-order valence-corrected chi connectivity index (χ3v) is 4.05. The molecule has 5 atom stereocenters. The van der Waals surface area contributed by atoms with E-state index in [1.807, 2.05) is 20.8 Å². The van der Waals surface area contributed by atoms with Crippen LogP contribution in [0.5, 0.6) is 5.75 Å². The standard InChI is InChI=1S/C19H27NO9/c1-9(21)27-8-10-5-6-12(11(7-10)20-19(2,3)4)28-18-15(24)13(22)14(23)16(29-18)17(25)26/h5-7,13-16,18,20,22-24H,8H2,1-4H3,(H,25,26)/t13-,14-,15+,16?,18+/m0/s1. The normalized spacial score (nSPS) is 27.2. The Balaban J connectivity index is 2.29. The Hall–Kier alpha value is -2.40. The summed E-state index contributed by atoms with van der Waals surface area (Å²) in [5, 5.41) is 42.3. The second kappa shape index (κ2) is 8.95. The number of nitrogens with one attached hydrogen (secondary N) is 1. The molecule has 1 aromatic carbocycles. The number of aliphatic carboxylic acids is 1. The van der Waals surface area contributed by atoms with Gasteiger partial charge in [0.2, 0.25) is 6.29 Å². The first-order valence-electron chi connectivity index (χ1n) is 9.02. The number of ether oxygens (including phenoxy) is 3. The zero-order chi connectivity index (χ0) is 21.9. The molecule has 10 nitrogen and oxygen atoms in total. The van der Waals surface area contributed by atoms with Gasteiger partial charge in [0.25, 0.3) is 0 Å². The Morgan fingerprint density at radius 3 is 2.34 bits per heavy atom. The summed E-state index contributed by atoms with van der Waals surface area (Å²) in [6, 6.07) is 4.84. The first-order valence-corrected chi connectivity index (χ1v) is 9.02. The third-order valence-electron chi connectivity index (χ3n) is 4.05. The van der Waals surface area contributed by atoms with Crippen molar-refractivity contribution in [3.63, 3.8) is 0 Å². The van der Waals surface area contributed by atoms with Gasteiger partial charge in [-0.05, 0) is 38.5 Å². The number of hydrogen-bond acceptors (Lipinski definition) is 9. The van der Waals surface area contributed by atoms with Gasteiger partial charge in [-0.15, -0.1) is 0 Å². The average molecular weight is 413 g/mol. The highest BCUT2D eigenvalue weighted by atomic mass is 16.7. The minimum absolute atomic E-state index is 0.0446. The molecule has 1 aliphatic heterocycles. The van der Waals surface area contributed by atoms with Crippen LogP contribution in [0, 0.1) is 0 Å². The molecule has 29 heavy (non-hydrogen) atoms. The van der Waals surface area contributed by atoms with Gasteiger partial charge >= 0.3 is 11.9 Å². The Labute approximate surface area is 168 Å². The first-order chi connectivity index (χ1) is 13.4. The number of esters is 1. The molecule has 1 aliphatic rings. The summed E-state index contributed by atoms with van der Waals surface area (Å²) in [4.78, 5) is 22.3. The van der Waals surface area contributed by atoms with Gasteiger partial charge in [0, 0.05) is 12.5 Å². The van der Waals surface area contributed by atoms with Gasteiger partial charge < -0.3 is 40.0 Å². The molecule has 1 heterocycles. The molecule has 10 heteroatoms. The lowest BCUT2D eigenvalue weighted by Gasteiger charge is -2.38. The summed E-state index contributed by atoms with van der Waals surface area (Å²) in [5.74, 6) is -1.72. The van der Waals surface area contributed by atoms with E-state index in [1.165, 1.54) is 13.0 Å². The third kappa shape index (κ3) is 6.04. The Morgan fingerprint density at radius 2 is 1.79 bits per heavy atom. The summed E-state index contributed by atoms with van der Waals surface area (Å²) >= 11 is 0. The van der Waals surface area contributed by atoms with Crippen LogP contribution < -0.4 is 10.1 Å². The van der Waals surface area contributed by atoms with Crippen LogP contribution in [0.2, 0.25) is 0 Å². The molecule has 162 valence electrons. The number of aliphatic hydroxyl groups is 3. The van der Waals surface area contributed by atoms with Crippen LogP contribution in [0.25, 0.3) is 0 Å². The molecule has 0 saturated carbocycles. The van der Waals surface area contributed by atoms with Crippen molar-refractivity contribution in [1.82, 2.24) is 0 Å². The molecular formula is C19H27NO9. The fourth-order valence-corrected chi connectivity index (χ4v) is 2.73. The van der Waals surface area contributed by atoms with Crippen LogP contribution in [0.3, 0.4) is 0 Å². The number of carbonyl (C=O) groups is 2. The van der Waals surface area contributed by atoms with Crippen molar-refractivity contribution >= 4 is 17.6 Å². The van der Waals surface area contributed by atoms with E-state index >= 15 is 0 Å². The summed E-state index contributed by atoms with van der Waals surface area (Å²) in [5.41, 5.74) is 0.762. The summed E-state index contributed by atoms with van der Waals surface area (Å²) < 4.78 is 15.8. The van der Waals surface area contributed by atoms with Crippen molar-refractivity contribution < 1.29 is 44.2 Å². The fourth-order valence-electron chi connectivity index (χ4n) is 2.73. The van der Waals surface area contributed by atoms with Crippen molar-refractivity contribution in [2.24, 2.45) is 0 Å². The molecule has 0 radical (unpaired) electrons. The molecule has 0 aliphatic carbocycles. The monoisotopic (exact) mass is 413 g/mol. The number of carboxylic acid groups (broad SMARTS) is 1. The van der Waals surface area contributed by atoms with Gasteiger partial charge in [-0.2, -0.15) is 0 Å². The van der Waals surface area contributed by atoms with Crippen LogP contribution in [-0.4, -0.2) is 68.6 Å². The molecule has 1 saturated heterocycles. The van der Waals surface area contributed by atoms with E-state index in [0.717, 1.165) is 0 Å². The van der Waals surface area contributed by atoms with Crippen molar-refractivity contribution in [1.29, 1.82) is 0 Å². The van der Waals surface area contributed by atoms with E-state index in [2.05, 4.69) is 5.32 Å². The van der Waals surface area contributed by atoms with Crippen molar-refractivity contribution in [3.05, 3.63) is 23.8 Å². The molecule has 1 unspecified atom stereocenters. The van der Waals surface area contributed by atoms with Crippen molar-refractivity contribution in [2.75, 3.05) is 5.32 Å². The maximum atomic E-state index is 11.3. The van der Waals surface area contributed by atoms with Gasteiger partial charge in [0.05, 0.1) is 5.69 Å². The summed E-state index contributed by atoms with van der Waals surface area (Å²) in [7, 11) is 0. The number of carboxylic acids is 1. The number of rotatable bonds is 6. The van der Waals surface area contributed by atoms with Gasteiger partial charge in [0.15, 0.2) is 6.10 Å². The maximum Gasteiger partial charge on any atom is 0.335 e. The van der Waals surface area contributed by atoms with Crippen molar-refractivity contribution in [3.8, 4) is 5.75 Å². The lowest BCUT2D eigenvalue weighted by atomic mass is 9.99. The van der Waals surface area contributed by atoms with E-state index in [9.17, 15) is 24.9 Å². The number of anilines is 1. The lowest BCUT2D eigenvalue weighted by Crippen LogP contribution is -2.61. The van der Waals surface area contributed by atoms with Crippen LogP contribution in [0.1, 0.15) is 33.3 Å². The SMILES string of the molecule is CC(=O)OCc1ccc(O[C@@H]2OC(C(=O)O)[C@@H](O)[C@H](O)[C@H]2O)c(NC(C)(C)C)c1. The minimum atomic E-state index is -1.80. The molecule has 2 rings (SSSR count). The number of carbonyl (C=O) groups excluding carboxylic acids is 1. The van der Waals surface area contributed by atoms with E-state index in [0.29, 0.717) is 11.3 Å². The zero-order valence-corrected chi connectivity index (χ0v) is 16.7.